The molecule has 2 aromatic heterocycles. The minimum absolute atomic E-state index is 0.174. The predicted octanol–water partition coefficient (Wildman–Crippen LogP) is 2.82. The van der Waals surface area contributed by atoms with Crippen molar-refractivity contribution >= 4 is 27.4 Å². The van der Waals surface area contributed by atoms with E-state index in [4.69, 9.17) is 0 Å². The van der Waals surface area contributed by atoms with Crippen molar-refractivity contribution in [2.45, 2.75) is 38.1 Å². The highest BCUT2D eigenvalue weighted by Crippen LogP contribution is 2.32. The van der Waals surface area contributed by atoms with Gasteiger partial charge in [0.25, 0.3) is 0 Å². The second-order valence-electron chi connectivity index (χ2n) is 5.04. The van der Waals surface area contributed by atoms with Crippen molar-refractivity contribution in [3.05, 3.63) is 17.8 Å². The van der Waals surface area contributed by atoms with E-state index in [1.807, 2.05) is 6.07 Å². The first kappa shape index (κ1) is 12.8. The fourth-order valence-electron chi connectivity index (χ4n) is 2.94. The van der Waals surface area contributed by atoms with Gasteiger partial charge in [0.1, 0.15) is 12.1 Å². The van der Waals surface area contributed by atoms with Gasteiger partial charge in [-0.3, -0.25) is 0 Å². The van der Waals surface area contributed by atoms with Crippen molar-refractivity contribution in [2.24, 2.45) is 0 Å². The Kier molecular flexibility index (Phi) is 3.94. The summed E-state index contributed by atoms with van der Waals surface area (Å²) < 4.78 is 1.14. The fraction of sp³-hybridized carbons (Fsp3) is 0.571. The summed E-state index contributed by atoms with van der Waals surface area (Å²) >= 11 is 1.68. The number of rotatable bonds is 4. The monoisotopic (exact) mass is 277 g/mol. The first-order valence-electron chi connectivity index (χ1n) is 6.96. The van der Waals surface area contributed by atoms with Crippen molar-refractivity contribution in [1.29, 1.82) is 0 Å². The molecule has 0 amide bonds. The van der Waals surface area contributed by atoms with Gasteiger partial charge in [-0.25, -0.2) is 9.97 Å². The Morgan fingerprint density at radius 3 is 2.89 bits per heavy atom. The van der Waals surface area contributed by atoms with Crippen LogP contribution in [0.1, 0.15) is 32.1 Å². The summed E-state index contributed by atoms with van der Waals surface area (Å²) in [5.41, 5.74) is 1.01. The first-order valence-corrected chi connectivity index (χ1v) is 7.84. The molecule has 0 radical (unpaired) electrons. The van der Waals surface area contributed by atoms with Crippen molar-refractivity contribution in [1.82, 2.24) is 9.97 Å². The highest BCUT2D eigenvalue weighted by Gasteiger charge is 2.23. The van der Waals surface area contributed by atoms with Crippen LogP contribution in [0.3, 0.4) is 0 Å². The van der Waals surface area contributed by atoms with E-state index in [0.717, 1.165) is 16.0 Å². The third-order valence-corrected chi connectivity index (χ3v) is 4.75. The zero-order valence-electron chi connectivity index (χ0n) is 11.0. The minimum Gasteiger partial charge on any atom is -0.395 e. The number of anilines is 1. The molecule has 2 aromatic rings. The maximum absolute atomic E-state index is 9.37. The molecule has 0 bridgehead atoms. The standard InChI is InChI=1S/C14H19N3OS/c18-8-7-17(11-4-2-1-3-5-11)14-13-12(6-9-19-13)15-10-16-14/h6,9-11,18H,1-5,7-8H2. The Morgan fingerprint density at radius 2 is 2.11 bits per heavy atom. The number of hydrogen-bond acceptors (Lipinski definition) is 5. The molecule has 4 nitrogen and oxygen atoms in total. The van der Waals surface area contributed by atoms with Crippen LogP contribution < -0.4 is 4.90 Å². The average molecular weight is 277 g/mol. The Labute approximate surface area is 117 Å². The van der Waals surface area contributed by atoms with E-state index in [0.29, 0.717) is 12.6 Å². The fourth-order valence-corrected chi connectivity index (χ4v) is 3.79. The van der Waals surface area contributed by atoms with Crippen LogP contribution >= 0.6 is 11.3 Å². The van der Waals surface area contributed by atoms with Crippen LogP contribution in [-0.2, 0) is 0 Å². The molecular weight excluding hydrogens is 258 g/mol. The van der Waals surface area contributed by atoms with Gasteiger partial charge in [0, 0.05) is 12.6 Å². The molecule has 5 heteroatoms. The summed E-state index contributed by atoms with van der Waals surface area (Å²) in [4.78, 5) is 11.1. The van der Waals surface area contributed by atoms with Gasteiger partial charge in [0.05, 0.1) is 16.8 Å². The molecule has 0 aliphatic heterocycles. The maximum Gasteiger partial charge on any atom is 0.150 e. The molecule has 19 heavy (non-hydrogen) atoms. The summed E-state index contributed by atoms with van der Waals surface area (Å²) in [6, 6.07) is 2.55. The highest BCUT2D eigenvalue weighted by molar-refractivity contribution is 7.17. The lowest BCUT2D eigenvalue weighted by molar-refractivity contribution is 0.289. The van der Waals surface area contributed by atoms with Gasteiger partial charge in [0.15, 0.2) is 0 Å². The smallest absolute Gasteiger partial charge is 0.150 e. The summed E-state index contributed by atoms with van der Waals surface area (Å²) in [6.45, 7) is 0.835. The van der Waals surface area contributed by atoms with Gasteiger partial charge in [-0.15, -0.1) is 11.3 Å². The molecule has 0 saturated heterocycles. The Bertz CT molecular complexity index is 536. The molecule has 1 aliphatic carbocycles. The van der Waals surface area contributed by atoms with Gasteiger partial charge in [0.2, 0.25) is 0 Å². The zero-order valence-corrected chi connectivity index (χ0v) is 11.8. The van der Waals surface area contributed by atoms with Crippen LogP contribution in [0.25, 0.3) is 10.2 Å². The van der Waals surface area contributed by atoms with Gasteiger partial charge >= 0.3 is 0 Å². The molecule has 2 heterocycles. The first-order chi connectivity index (χ1) is 9.40. The van der Waals surface area contributed by atoms with E-state index in [2.05, 4.69) is 20.2 Å². The molecule has 1 N–H and O–H groups in total. The van der Waals surface area contributed by atoms with Gasteiger partial charge in [-0.05, 0) is 24.3 Å². The number of aliphatic hydroxyl groups excluding tert-OH is 1. The number of hydrogen-bond donors (Lipinski definition) is 1. The molecule has 102 valence electrons. The lowest BCUT2D eigenvalue weighted by Gasteiger charge is -2.35. The van der Waals surface area contributed by atoms with Crippen molar-refractivity contribution < 1.29 is 5.11 Å². The SMILES string of the molecule is OCCN(c1ncnc2ccsc12)C1CCCCC1. The summed E-state index contributed by atoms with van der Waals surface area (Å²) in [5.74, 6) is 1.00. The predicted molar refractivity (Wildman–Crippen MR) is 78.7 cm³/mol. The zero-order chi connectivity index (χ0) is 13.1. The minimum atomic E-state index is 0.174. The molecule has 1 aliphatic rings. The number of nitrogens with zero attached hydrogens (tertiary/aromatic N) is 3. The van der Waals surface area contributed by atoms with Crippen LogP contribution in [0.5, 0.6) is 0 Å². The van der Waals surface area contributed by atoms with Gasteiger partial charge in [-0.2, -0.15) is 0 Å². The molecule has 0 aromatic carbocycles. The lowest BCUT2D eigenvalue weighted by atomic mass is 9.94. The van der Waals surface area contributed by atoms with Crippen molar-refractivity contribution in [2.75, 3.05) is 18.1 Å². The number of fused-ring (bicyclic) bond motifs is 1. The van der Waals surface area contributed by atoms with Crippen LogP contribution in [0.15, 0.2) is 17.8 Å². The number of aromatic nitrogens is 2. The normalized spacial score (nSPS) is 16.9. The van der Waals surface area contributed by atoms with Gasteiger partial charge < -0.3 is 10.0 Å². The molecule has 0 atom stereocenters. The molecule has 0 unspecified atom stereocenters. The average Bonchev–Trinajstić information content (AvgIpc) is 2.94. The molecule has 3 rings (SSSR count). The van der Waals surface area contributed by atoms with Crippen molar-refractivity contribution in [3.63, 3.8) is 0 Å². The quantitative estimate of drug-likeness (QED) is 0.933. The van der Waals surface area contributed by atoms with Crippen LogP contribution in [-0.4, -0.2) is 34.3 Å². The lowest BCUT2D eigenvalue weighted by Crippen LogP contribution is -2.39. The molecule has 1 saturated carbocycles. The van der Waals surface area contributed by atoms with E-state index in [1.165, 1.54) is 32.1 Å². The maximum atomic E-state index is 9.37. The highest BCUT2D eigenvalue weighted by atomic mass is 32.1. The molecule has 0 spiro atoms. The van der Waals surface area contributed by atoms with Crippen LogP contribution in [0.4, 0.5) is 5.82 Å². The van der Waals surface area contributed by atoms with E-state index in [-0.39, 0.29) is 6.61 Å². The number of thiophene rings is 1. The van der Waals surface area contributed by atoms with Gasteiger partial charge in [-0.1, -0.05) is 19.3 Å². The third-order valence-electron chi connectivity index (χ3n) is 3.85. The van der Waals surface area contributed by atoms with Crippen LogP contribution in [0, 0.1) is 0 Å². The summed E-state index contributed by atoms with van der Waals surface area (Å²) in [6.07, 6.45) is 7.95. The second kappa shape index (κ2) is 5.84. The summed E-state index contributed by atoms with van der Waals surface area (Å²) in [5, 5.41) is 11.4. The Balaban J connectivity index is 1.96. The van der Waals surface area contributed by atoms with E-state index >= 15 is 0 Å². The molecule has 1 fully saturated rings. The topological polar surface area (TPSA) is 49.2 Å². The largest absolute Gasteiger partial charge is 0.395 e. The molecular formula is C14H19N3OS. The second-order valence-corrected chi connectivity index (χ2v) is 5.96. The van der Waals surface area contributed by atoms with Crippen LogP contribution in [0.2, 0.25) is 0 Å². The van der Waals surface area contributed by atoms with E-state index < -0.39 is 0 Å². The Morgan fingerprint density at radius 1 is 1.26 bits per heavy atom. The van der Waals surface area contributed by atoms with E-state index in [1.54, 1.807) is 17.7 Å². The van der Waals surface area contributed by atoms with Crippen molar-refractivity contribution in [3.8, 4) is 0 Å². The third kappa shape index (κ3) is 2.58. The van der Waals surface area contributed by atoms with E-state index in [9.17, 15) is 5.11 Å². The summed E-state index contributed by atoms with van der Waals surface area (Å²) in [7, 11) is 0. The number of aliphatic hydroxyl groups is 1. The Hall–Kier alpha value is -1.20.